The number of halogens is 1. The molecule has 2 rings (SSSR count). The topological polar surface area (TPSA) is 20.1 Å². The maximum absolute atomic E-state index is 11.2. The van der Waals surface area contributed by atoms with Crippen LogP contribution < -0.4 is 0 Å². The van der Waals surface area contributed by atoms with E-state index >= 15 is 0 Å². The Kier molecular flexibility index (Phi) is 2.90. The van der Waals surface area contributed by atoms with Gasteiger partial charge < -0.3 is 0 Å². The molecule has 0 saturated heterocycles. The third kappa shape index (κ3) is 1.56. The molecule has 0 bridgehead atoms. The second kappa shape index (κ2) is 3.54. The average molecular weight is 235 g/mol. The van der Waals surface area contributed by atoms with Gasteiger partial charge in [-0.1, -0.05) is 0 Å². The van der Waals surface area contributed by atoms with Gasteiger partial charge in [0.2, 0.25) is 5.78 Å². The van der Waals surface area contributed by atoms with E-state index in [2.05, 4.69) is 6.21 Å². The van der Waals surface area contributed by atoms with E-state index in [0.717, 1.165) is 12.8 Å². The Bertz CT molecular complexity index is 237. The summed E-state index contributed by atoms with van der Waals surface area (Å²) in [6, 6.07) is 0. The lowest BCUT2D eigenvalue weighted by atomic mass is 10.2. The maximum atomic E-state index is 11.2. The van der Waals surface area contributed by atoms with E-state index in [0.29, 0.717) is 5.78 Å². The quantitative estimate of drug-likeness (QED) is 0.594. The summed E-state index contributed by atoms with van der Waals surface area (Å²) in [5.41, 5.74) is 0. The average Bonchev–Trinajstić information content (AvgIpc) is 2.36. The van der Waals surface area contributed by atoms with E-state index in [1.54, 1.807) is 11.8 Å². The second-order valence-corrected chi connectivity index (χ2v) is 3.40. The Labute approximate surface area is 80.1 Å². The fraction of sp³-hybridized carbons (Fsp3) is 0.429. The van der Waals surface area contributed by atoms with Crippen LogP contribution >= 0.6 is 28.7 Å². The molecule has 0 aromatic carbocycles. The van der Waals surface area contributed by atoms with E-state index in [4.69, 9.17) is 0 Å². The lowest BCUT2D eigenvalue weighted by molar-refractivity contribution is -0.454. The lowest BCUT2D eigenvalue weighted by Gasteiger charge is -2.07. The van der Waals surface area contributed by atoms with Crippen LogP contribution in [0.25, 0.3) is 0 Å². The largest absolute Gasteiger partial charge is 0.291 e. The molecule has 1 atom stereocenters. The number of carbonyl (C=O) groups excluding carboxylic acids is 1. The van der Waals surface area contributed by atoms with Crippen LogP contribution in [0.2, 0.25) is 0 Å². The van der Waals surface area contributed by atoms with E-state index in [1.807, 2.05) is 16.2 Å². The molecule has 2 nitrogen and oxygen atoms in total. The molecule has 0 fully saturated rings. The van der Waals surface area contributed by atoms with Gasteiger partial charge >= 0.3 is 0 Å². The van der Waals surface area contributed by atoms with Crippen molar-refractivity contribution >= 4 is 40.7 Å². The van der Waals surface area contributed by atoms with Crippen molar-refractivity contribution < 1.29 is 9.37 Å². The molecule has 2 heterocycles. The van der Waals surface area contributed by atoms with Gasteiger partial charge in [0.05, 0.1) is 0 Å². The number of nitrogens with zero attached hydrogens (tertiary/aromatic N) is 1. The van der Waals surface area contributed by atoms with Gasteiger partial charge in [0, 0.05) is 18.2 Å². The van der Waals surface area contributed by atoms with Crippen LogP contribution in [0.3, 0.4) is 0 Å². The van der Waals surface area contributed by atoms with Crippen molar-refractivity contribution in [1.82, 2.24) is 0 Å². The van der Waals surface area contributed by atoms with Gasteiger partial charge in [-0.05, 0) is 11.8 Å². The minimum absolute atomic E-state index is 0. The summed E-state index contributed by atoms with van der Waals surface area (Å²) in [6.45, 7) is 0. The summed E-state index contributed by atoms with van der Waals surface area (Å²) < 4.78 is 2.00. The van der Waals surface area contributed by atoms with Crippen LogP contribution in [-0.4, -0.2) is 21.9 Å². The molecule has 60 valence electrons. The van der Waals surface area contributed by atoms with Crippen molar-refractivity contribution in [2.45, 2.75) is 18.2 Å². The van der Waals surface area contributed by atoms with Crippen molar-refractivity contribution in [3.05, 3.63) is 11.6 Å². The first-order chi connectivity index (χ1) is 4.88. The summed E-state index contributed by atoms with van der Waals surface area (Å²) in [7, 11) is 0. The fourth-order valence-electron chi connectivity index (χ4n) is 1.21. The van der Waals surface area contributed by atoms with Crippen LogP contribution in [0.5, 0.6) is 0 Å². The molecule has 11 heavy (non-hydrogen) atoms. The Morgan fingerprint density at radius 3 is 3.18 bits per heavy atom. The number of fused-ring (bicyclic) bond motifs is 1. The van der Waals surface area contributed by atoms with Crippen molar-refractivity contribution in [1.29, 1.82) is 0 Å². The van der Waals surface area contributed by atoms with Gasteiger partial charge in [0.15, 0.2) is 6.20 Å². The van der Waals surface area contributed by atoms with E-state index in [9.17, 15) is 4.79 Å². The Morgan fingerprint density at radius 1 is 1.64 bits per heavy atom. The highest BCUT2D eigenvalue weighted by atomic mass is 79.9. The first kappa shape index (κ1) is 9.00. The molecular weight excluding hydrogens is 226 g/mol. The van der Waals surface area contributed by atoms with Gasteiger partial charge in [-0.2, -0.15) is 4.58 Å². The monoisotopic (exact) mass is 234 g/mol. The molecule has 2 aliphatic rings. The number of carbonyl (C=O) groups is 1. The zero-order valence-corrected chi connectivity index (χ0v) is 8.43. The molecule has 0 N–H and O–H groups in total. The summed E-state index contributed by atoms with van der Waals surface area (Å²) in [5.74, 6) is 0.359. The smallest absolute Gasteiger partial charge is 0.266 e. The number of Topliss-reactive ketones (excluding diaryl/α,β-unsaturated/α-hetero) is 1. The summed E-state index contributed by atoms with van der Waals surface area (Å²) in [5, 5.41) is 2.05. The summed E-state index contributed by atoms with van der Waals surface area (Å²) in [6.07, 6.45) is 5.67. The molecule has 0 aliphatic carbocycles. The van der Waals surface area contributed by atoms with Gasteiger partial charge in [0.1, 0.15) is 6.21 Å². The van der Waals surface area contributed by atoms with E-state index in [1.165, 1.54) is 0 Å². The Morgan fingerprint density at radius 2 is 2.45 bits per heavy atom. The SMILES string of the molecule is Br.O=C1CCC=[N+]2C=CSC12. The fourth-order valence-corrected chi connectivity index (χ4v) is 2.13. The number of hydrogen-bond acceptors (Lipinski definition) is 2. The molecule has 0 radical (unpaired) electrons. The van der Waals surface area contributed by atoms with Gasteiger partial charge in [-0.3, -0.25) is 4.79 Å². The van der Waals surface area contributed by atoms with Crippen molar-refractivity contribution in [2.24, 2.45) is 0 Å². The third-order valence-electron chi connectivity index (χ3n) is 1.72. The summed E-state index contributed by atoms with van der Waals surface area (Å²) in [4.78, 5) is 11.2. The first-order valence-electron chi connectivity index (χ1n) is 3.33. The van der Waals surface area contributed by atoms with Crippen LogP contribution in [0, 0.1) is 0 Å². The van der Waals surface area contributed by atoms with Crippen molar-refractivity contribution in [3.63, 3.8) is 0 Å². The Balaban J connectivity index is 0.000000605. The van der Waals surface area contributed by atoms with Crippen LogP contribution in [0.15, 0.2) is 11.6 Å². The van der Waals surface area contributed by atoms with Crippen LogP contribution in [0.4, 0.5) is 0 Å². The molecule has 4 heteroatoms. The normalized spacial score (nSPS) is 27.5. The maximum Gasteiger partial charge on any atom is 0.266 e. The standard InChI is InChI=1S/C7H8NOS.BrH/c9-6-2-1-3-8-4-5-10-7(6)8;/h3-5,7H,1-2H2;1H/q+1;. The number of hydrogen-bond donors (Lipinski definition) is 0. The molecule has 1 unspecified atom stereocenters. The predicted molar refractivity (Wildman–Crippen MR) is 51.4 cm³/mol. The van der Waals surface area contributed by atoms with E-state index in [-0.39, 0.29) is 22.4 Å². The predicted octanol–water partition coefficient (Wildman–Crippen LogP) is 1.55. The van der Waals surface area contributed by atoms with Crippen LogP contribution in [0.1, 0.15) is 12.8 Å². The molecule has 2 aliphatic heterocycles. The number of rotatable bonds is 0. The van der Waals surface area contributed by atoms with Crippen molar-refractivity contribution in [2.75, 3.05) is 0 Å². The molecule has 0 spiro atoms. The number of ketones is 1. The molecular formula is C7H9BrNOS+. The second-order valence-electron chi connectivity index (χ2n) is 2.41. The number of thioether (sulfide) groups is 1. The van der Waals surface area contributed by atoms with Gasteiger partial charge in [-0.25, -0.2) is 0 Å². The molecule has 0 aromatic heterocycles. The van der Waals surface area contributed by atoms with Crippen molar-refractivity contribution in [3.8, 4) is 0 Å². The van der Waals surface area contributed by atoms with Crippen LogP contribution in [-0.2, 0) is 4.79 Å². The minimum Gasteiger partial charge on any atom is -0.291 e. The highest BCUT2D eigenvalue weighted by molar-refractivity contribution is 8.93. The lowest BCUT2D eigenvalue weighted by Crippen LogP contribution is -2.29. The zero-order valence-electron chi connectivity index (χ0n) is 5.90. The minimum atomic E-state index is 0. The molecule has 0 amide bonds. The third-order valence-corrected chi connectivity index (χ3v) is 2.76. The molecule has 0 aromatic rings. The highest BCUT2D eigenvalue weighted by Gasteiger charge is 2.34. The molecule has 0 saturated carbocycles. The van der Waals surface area contributed by atoms with E-state index < -0.39 is 0 Å². The zero-order chi connectivity index (χ0) is 6.97. The van der Waals surface area contributed by atoms with Gasteiger partial charge in [-0.15, -0.1) is 17.0 Å². The first-order valence-corrected chi connectivity index (χ1v) is 4.28. The summed E-state index contributed by atoms with van der Waals surface area (Å²) >= 11 is 1.60. The van der Waals surface area contributed by atoms with Gasteiger partial charge in [0.25, 0.3) is 5.37 Å². The Hall–Kier alpha value is -0.0900. The highest BCUT2D eigenvalue weighted by Crippen LogP contribution is 2.25.